The van der Waals surface area contributed by atoms with Crippen LogP contribution in [0.3, 0.4) is 0 Å². The Morgan fingerprint density at radius 3 is 1.78 bits per heavy atom. The quantitative estimate of drug-likeness (QED) is 0.538. The number of carbonyl (C=O) groups excluding carboxylic acids is 2. The lowest BCUT2D eigenvalue weighted by Gasteiger charge is -2.18. The summed E-state index contributed by atoms with van der Waals surface area (Å²) in [6.45, 7) is 1.74. The van der Waals surface area contributed by atoms with E-state index in [2.05, 4.69) is 0 Å². The number of aldehydes is 2. The van der Waals surface area contributed by atoms with Gasteiger partial charge in [-0.2, -0.15) is 0 Å². The van der Waals surface area contributed by atoms with E-state index in [-0.39, 0.29) is 18.1 Å². The van der Waals surface area contributed by atoms with E-state index in [1.807, 2.05) is 0 Å². The molecule has 0 aromatic heterocycles. The first-order valence-electron chi connectivity index (χ1n) is 6.83. The van der Waals surface area contributed by atoms with Gasteiger partial charge in [0.2, 0.25) is 0 Å². The number of carbonyl (C=O) groups is 2. The van der Waals surface area contributed by atoms with E-state index < -0.39 is 7.82 Å². The molecule has 0 fully saturated rings. The molecule has 0 heterocycles. The zero-order chi connectivity index (χ0) is 16.7. The number of benzene rings is 2. The Balaban J connectivity index is 2.25. The third kappa shape index (κ3) is 4.77. The van der Waals surface area contributed by atoms with Crippen LogP contribution in [0.25, 0.3) is 0 Å². The van der Waals surface area contributed by atoms with Gasteiger partial charge < -0.3 is 9.05 Å². The maximum absolute atomic E-state index is 12.7. The molecule has 0 radical (unpaired) electrons. The van der Waals surface area contributed by atoms with E-state index in [0.29, 0.717) is 23.7 Å². The maximum atomic E-state index is 12.7. The summed E-state index contributed by atoms with van der Waals surface area (Å²) in [5.41, 5.74) is 0.738. The van der Waals surface area contributed by atoms with E-state index in [0.717, 1.165) is 0 Å². The molecule has 6 nitrogen and oxygen atoms in total. The molecule has 0 aliphatic carbocycles. The standard InChI is InChI=1S/C16H15O6P/c1-2-20-23(19,21-15-7-3-5-13(9-15)11-17)22-16-8-4-6-14(10-16)12-18/h3-12H,2H2,1H3. The van der Waals surface area contributed by atoms with Crippen molar-refractivity contribution in [2.75, 3.05) is 6.61 Å². The number of hydrogen-bond acceptors (Lipinski definition) is 6. The molecule has 0 saturated carbocycles. The highest BCUT2D eigenvalue weighted by Crippen LogP contribution is 2.49. The molecule has 0 spiro atoms. The van der Waals surface area contributed by atoms with Crippen molar-refractivity contribution in [3.8, 4) is 11.5 Å². The topological polar surface area (TPSA) is 78.9 Å². The third-order valence-corrected chi connectivity index (χ3v) is 4.15. The summed E-state index contributed by atoms with van der Waals surface area (Å²) in [5, 5.41) is 0. The summed E-state index contributed by atoms with van der Waals surface area (Å²) in [7, 11) is -3.96. The van der Waals surface area contributed by atoms with Crippen molar-refractivity contribution in [3.63, 3.8) is 0 Å². The smallest absolute Gasteiger partial charge is 0.395 e. The van der Waals surface area contributed by atoms with E-state index >= 15 is 0 Å². The van der Waals surface area contributed by atoms with Gasteiger partial charge in [-0.1, -0.05) is 24.3 Å². The van der Waals surface area contributed by atoms with Crippen LogP contribution in [0.15, 0.2) is 48.5 Å². The monoisotopic (exact) mass is 334 g/mol. The summed E-state index contributed by atoms with van der Waals surface area (Å²) in [6.07, 6.45) is 1.29. The van der Waals surface area contributed by atoms with Gasteiger partial charge in [-0.05, 0) is 31.2 Å². The van der Waals surface area contributed by atoms with Gasteiger partial charge >= 0.3 is 7.82 Å². The van der Waals surface area contributed by atoms with Crippen LogP contribution in [0.2, 0.25) is 0 Å². The lowest BCUT2D eigenvalue weighted by atomic mass is 10.2. The molecule has 7 heteroatoms. The van der Waals surface area contributed by atoms with Crippen molar-refractivity contribution in [1.82, 2.24) is 0 Å². The molecule has 0 atom stereocenters. The number of phosphoric ester groups is 1. The normalized spacial score (nSPS) is 10.8. The molecule has 0 N–H and O–H groups in total. The van der Waals surface area contributed by atoms with Crippen LogP contribution in [0.4, 0.5) is 0 Å². The van der Waals surface area contributed by atoms with Crippen molar-refractivity contribution in [2.24, 2.45) is 0 Å². The van der Waals surface area contributed by atoms with Crippen molar-refractivity contribution in [1.29, 1.82) is 0 Å². The summed E-state index contributed by atoms with van der Waals surface area (Å²) >= 11 is 0. The number of hydrogen-bond donors (Lipinski definition) is 0. The van der Waals surface area contributed by atoms with Gasteiger partial charge in [-0.15, -0.1) is 0 Å². The average Bonchev–Trinajstić information content (AvgIpc) is 2.55. The highest BCUT2D eigenvalue weighted by molar-refractivity contribution is 7.49. The van der Waals surface area contributed by atoms with E-state index in [9.17, 15) is 14.2 Å². The molecule has 0 unspecified atom stereocenters. The Hall–Kier alpha value is -2.43. The zero-order valence-electron chi connectivity index (χ0n) is 12.4. The average molecular weight is 334 g/mol. The van der Waals surface area contributed by atoms with Gasteiger partial charge in [-0.3, -0.25) is 14.1 Å². The predicted molar refractivity (Wildman–Crippen MR) is 84.1 cm³/mol. The van der Waals surface area contributed by atoms with Crippen LogP contribution in [-0.4, -0.2) is 19.2 Å². The minimum absolute atomic E-state index is 0.0953. The van der Waals surface area contributed by atoms with Gasteiger partial charge in [-0.25, -0.2) is 4.57 Å². The van der Waals surface area contributed by atoms with Gasteiger partial charge in [0.05, 0.1) is 6.61 Å². The van der Waals surface area contributed by atoms with Crippen molar-refractivity contribution < 1.29 is 27.7 Å². The molecule has 0 aliphatic rings. The molecule has 2 aromatic rings. The SMILES string of the molecule is CCOP(=O)(Oc1cccc(C=O)c1)Oc1cccc(C=O)c1. The van der Waals surface area contributed by atoms with Crippen molar-refractivity contribution in [3.05, 3.63) is 59.7 Å². The third-order valence-electron chi connectivity index (χ3n) is 2.71. The Kier molecular flexibility index (Phi) is 5.68. The minimum atomic E-state index is -3.96. The van der Waals surface area contributed by atoms with Crippen molar-refractivity contribution in [2.45, 2.75) is 6.92 Å². The van der Waals surface area contributed by atoms with Gasteiger partial charge in [0, 0.05) is 11.1 Å². The van der Waals surface area contributed by atoms with Gasteiger partial charge in [0.1, 0.15) is 24.1 Å². The molecular weight excluding hydrogens is 319 g/mol. The molecule has 2 aromatic carbocycles. The summed E-state index contributed by atoms with van der Waals surface area (Å²) < 4.78 is 28.5. The van der Waals surface area contributed by atoms with Crippen LogP contribution in [0.1, 0.15) is 27.6 Å². The van der Waals surface area contributed by atoms with Gasteiger partial charge in [0.25, 0.3) is 0 Å². The van der Waals surface area contributed by atoms with Crippen LogP contribution >= 0.6 is 7.82 Å². The van der Waals surface area contributed by atoms with E-state index in [4.69, 9.17) is 13.6 Å². The molecule has 0 aliphatic heterocycles. The first-order valence-corrected chi connectivity index (χ1v) is 8.29. The second-order valence-corrected chi connectivity index (χ2v) is 5.95. The Labute approximate surface area is 133 Å². The zero-order valence-corrected chi connectivity index (χ0v) is 13.3. The highest BCUT2D eigenvalue weighted by atomic mass is 31.2. The van der Waals surface area contributed by atoms with Gasteiger partial charge in [0.15, 0.2) is 0 Å². The predicted octanol–water partition coefficient (Wildman–Crippen LogP) is 3.91. The number of rotatable bonds is 8. The molecule has 2 rings (SSSR count). The maximum Gasteiger partial charge on any atom is 0.587 e. The first kappa shape index (κ1) is 16.9. The largest absolute Gasteiger partial charge is 0.587 e. The summed E-state index contributed by atoms with van der Waals surface area (Å²) in [6, 6.07) is 12.2. The van der Waals surface area contributed by atoms with E-state index in [1.165, 1.54) is 24.3 Å². The van der Waals surface area contributed by atoms with Crippen molar-refractivity contribution >= 4 is 20.4 Å². The highest BCUT2D eigenvalue weighted by Gasteiger charge is 2.30. The van der Waals surface area contributed by atoms with Crippen LogP contribution in [0, 0.1) is 0 Å². The number of phosphoric acid groups is 1. The Morgan fingerprint density at radius 2 is 1.39 bits per heavy atom. The lowest BCUT2D eigenvalue weighted by Crippen LogP contribution is -2.05. The molecule has 0 bridgehead atoms. The second kappa shape index (κ2) is 7.72. The summed E-state index contributed by atoms with van der Waals surface area (Å²) in [5.74, 6) is 0.357. The first-order chi connectivity index (χ1) is 11.1. The van der Waals surface area contributed by atoms with Crippen LogP contribution in [0.5, 0.6) is 11.5 Å². The molecule has 0 amide bonds. The molecule has 120 valence electrons. The molecular formula is C16H15O6P. The Morgan fingerprint density at radius 1 is 0.913 bits per heavy atom. The summed E-state index contributed by atoms with van der Waals surface area (Å²) in [4.78, 5) is 21.6. The fourth-order valence-electron chi connectivity index (χ4n) is 1.78. The lowest BCUT2D eigenvalue weighted by molar-refractivity contribution is 0.111. The van der Waals surface area contributed by atoms with E-state index in [1.54, 1.807) is 31.2 Å². The van der Waals surface area contributed by atoms with Crippen LogP contribution in [-0.2, 0) is 9.09 Å². The minimum Gasteiger partial charge on any atom is -0.395 e. The second-order valence-electron chi connectivity index (χ2n) is 4.43. The van der Waals surface area contributed by atoms with Crippen LogP contribution < -0.4 is 9.05 Å². The fraction of sp³-hybridized carbons (Fsp3) is 0.125. The molecule has 23 heavy (non-hydrogen) atoms. The Bertz CT molecular complexity index is 685. The molecule has 0 saturated heterocycles. The fourth-order valence-corrected chi connectivity index (χ4v) is 2.98.